The van der Waals surface area contributed by atoms with Gasteiger partial charge in [-0.1, -0.05) is 17.7 Å². The van der Waals surface area contributed by atoms with Crippen molar-refractivity contribution in [2.75, 3.05) is 7.11 Å². The van der Waals surface area contributed by atoms with Crippen LogP contribution in [0.4, 0.5) is 0 Å². The van der Waals surface area contributed by atoms with Crippen LogP contribution in [0.25, 0.3) is 5.57 Å². The van der Waals surface area contributed by atoms with E-state index in [4.69, 9.17) is 4.74 Å². The van der Waals surface area contributed by atoms with Gasteiger partial charge in [0.25, 0.3) is 5.56 Å². The fourth-order valence-electron chi connectivity index (χ4n) is 3.43. The van der Waals surface area contributed by atoms with Gasteiger partial charge in [0, 0.05) is 11.6 Å². The quantitative estimate of drug-likeness (QED) is 0.847. The molecule has 4 heteroatoms. The zero-order chi connectivity index (χ0) is 14.6. The molecule has 0 radical (unpaired) electrons. The van der Waals surface area contributed by atoms with Crippen LogP contribution in [0.1, 0.15) is 26.2 Å². The lowest BCUT2D eigenvalue weighted by Gasteiger charge is -2.24. The number of aromatic nitrogens is 1. The zero-order valence-corrected chi connectivity index (χ0v) is 12.1. The molecule has 4 rings (SSSR count). The van der Waals surface area contributed by atoms with Crippen LogP contribution in [0.2, 0.25) is 0 Å². The molecule has 0 amide bonds. The molecule has 0 unspecified atom stereocenters. The van der Waals surface area contributed by atoms with Crippen LogP contribution < -0.4 is 20.9 Å². The number of nitrogens with zero attached hydrogens (tertiary/aromatic N) is 1. The van der Waals surface area contributed by atoms with Crippen molar-refractivity contribution < 1.29 is 4.74 Å². The van der Waals surface area contributed by atoms with Crippen molar-refractivity contribution in [2.45, 2.75) is 26.2 Å². The van der Waals surface area contributed by atoms with E-state index in [-0.39, 0.29) is 5.56 Å². The van der Waals surface area contributed by atoms with Crippen molar-refractivity contribution in [3.05, 3.63) is 61.6 Å². The molecule has 2 aliphatic carbocycles. The maximum Gasteiger partial charge on any atom is 0.260 e. The molecular weight excluding hydrogens is 264 g/mol. The van der Waals surface area contributed by atoms with Crippen molar-refractivity contribution in [1.29, 1.82) is 0 Å². The van der Waals surface area contributed by atoms with Gasteiger partial charge in [0.15, 0.2) is 5.88 Å². The summed E-state index contributed by atoms with van der Waals surface area (Å²) in [5.74, 6) is 0.455. The minimum Gasteiger partial charge on any atom is -0.482 e. The predicted octanol–water partition coefficient (Wildman–Crippen LogP) is 1.49. The van der Waals surface area contributed by atoms with Crippen LogP contribution in [0.5, 0.6) is 5.88 Å². The standard InChI is InChI=1S/C17H16N2O2/c1-9-4-3-5-11-10(9)6-7-12-15(11)16-13(18-12)8-14(21-2)19-17(16)20/h4,7-8H,3,5-6H2,1-2H3,(H,19,20). The number of allylic oxidation sites excluding steroid dienone is 5. The summed E-state index contributed by atoms with van der Waals surface area (Å²) >= 11 is 0. The first kappa shape index (κ1) is 12.4. The van der Waals surface area contributed by atoms with Gasteiger partial charge in [0.2, 0.25) is 0 Å². The summed E-state index contributed by atoms with van der Waals surface area (Å²) < 4.78 is 5.13. The lowest BCUT2D eigenvalue weighted by Crippen LogP contribution is -2.40. The average molecular weight is 280 g/mol. The van der Waals surface area contributed by atoms with Gasteiger partial charge in [-0.2, -0.15) is 0 Å². The molecule has 1 aliphatic heterocycles. The maximum atomic E-state index is 12.4. The third-order valence-electron chi connectivity index (χ3n) is 4.44. The lowest BCUT2D eigenvalue weighted by molar-refractivity contribution is 0.395. The second kappa shape index (κ2) is 4.32. The molecule has 0 aromatic carbocycles. The lowest BCUT2D eigenvalue weighted by atomic mass is 9.81. The zero-order valence-electron chi connectivity index (χ0n) is 12.1. The molecule has 0 saturated heterocycles. The Kier molecular flexibility index (Phi) is 2.55. The summed E-state index contributed by atoms with van der Waals surface area (Å²) in [5, 5.41) is 1.42. The predicted molar refractivity (Wildman–Crippen MR) is 80.5 cm³/mol. The van der Waals surface area contributed by atoms with Crippen molar-refractivity contribution in [2.24, 2.45) is 4.99 Å². The van der Waals surface area contributed by atoms with E-state index < -0.39 is 0 Å². The van der Waals surface area contributed by atoms with Gasteiger partial charge in [-0.3, -0.25) is 9.78 Å². The first-order valence-corrected chi connectivity index (χ1v) is 7.19. The van der Waals surface area contributed by atoms with E-state index in [0.29, 0.717) is 11.1 Å². The van der Waals surface area contributed by atoms with E-state index in [0.717, 1.165) is 35.9 Å². The van der Waals surface area contributed by atoms with Crippen molar-refractivity contribution in [1.82, 2.24) is 4.98 Å². The molecule has 0 bridgehead atoms. The number of pyridine rings is 1. The van der Waals surface area contributed by atoms with Crippen LogP contribution in [0.3, 0.4) is 0 Å². The molecule has 21 heavy (non-hydrogen) atoms. The van der Waals surface area contributed by atoms with Gasteiger partial charge < -0.3 is 4.74 Å². The molecule has 0 spiro atoms. The first-order chi connectivity index (χ1) is 10.2. The van der Waals surface area contributed by atoms with E-state index >= 15 is 0 Å². The van der Waals surface area contributed by atoms with Gasteiger partial charge in [-0.25, -0.2) is 4.99 Å². The Hall–Kier alpha value is -2.36. The Balaban J connectivity index is 2.10. The first-order valence-electron chi connectivity index (χ1n) is 7.19. The van der Waals surface area contributed by atoms with E-state index in [1.165, 1.54) is 16.7 Å². The molecule has 3 aliphatic rings. The number of hydrogen-bond donors (Lipinski definition) is 1. The molecule has 0 fully saturated rings. The molecule has 4 nitrogen and oxygen atoms in total. The smallest absolute Gasteiger partial charge is 0.260 e. The van der Waals surface area contributed by atoms with Gasteiger partial charge in [-0.05, 0) is 37.3 Å². The van der Waals surface area contributed by atoms with Crippen LogP contribution in [-0.4, -0.2) is 12.1 Å². The van der Waals surface area contributed by atoms with E-state index in [1.54, 1.807) is 13.2 Å². The van der Waals surface area contributed by atoms with Crippen LogP contribution in [0.15, 0.2) is 50.4 Å². The molecule has 1 aromatic rings. The molecule has 1 N–H and O–H groups in total. The summed E-state index contributed by atoms with van der Waals surface area (Å²) in [7, 11) is 1.54. The number of rotatable bonds is 1. The molecule has 0 saturated carbocycles. The van der Waals surface area contributed by atoms with Gasteiger partial charge in [0.05, 0.1) is 23.4 Å². The van der Waals surface area contributed by atoms with Crippen molar-refractivity contribution >= 4 is 5.57 Å². The highest BCUT2D eigenvalue weighted by Crippen LogP contribution is 2.40. The Labute approximate surface area is 121 Å². The number of H-pyrrole nitrogens is 1. The third-order valence-corrected chi connectivity index (χ3v) is 4.44. The number of methoxy groups -OCH3 is 1. The molecule has 1 aromatic heterocycles. The summed E-state index contributed by atoms with van der Waals surface area (Å²) in [6, 6.07) is 1.80. The van der Waals surface area contributed by atoms with Gasteiger partial charge in [0.1, 0.15) is 0 Å². The van der Waals surface area contributed by atoms with Crippen LogP contribution >= 0.6 is 0 Å². The van der Waals surface area contributed by atoms with Gasteiger partial charge >= 0.3 is 0 Å². The van der Waals surface area contributed by atoms with Crippen molar-refractivity contribution in [3.8, 4) is 5.88 Å². The second-order valence-electron chi connectivity index (χ2n) is 5.59. The Bertz CT molecular complexity index is 927. The summed E-state index contributed by atoms with van der Waals surface area (Å²) in [6.07, 6.45) is 7.33. The fraction of sp³-hybridized carbons (Fsp3) is 0.294. The number of fused-ring (bicyclic) bond motifs is 3. The number of hydrogen-bond acceptors (Lipinski definition) is 3. The van der Waals surface area contributed by atoms with E-state index in [2.05, 4.69) is 29.1 Å². The minimum atomic E-state index is -0.118. The molecule has 0 atom stereocenters. The van der Waals surface area contributed by atoms with Crippen LogP contribution in [0, 0.1) is 0 Å². The summed E-state index contributed by atoms with van der Waals surface area (Å²) in [6.45, 7) is 2.15. The Morgan fingerprint density at radius 3 is 2.95 bits per heavy atom. The molecule has 106 valence electrons. The van der Waals surface area contributed by atoms with Crippen LogP contribution in [-0.2, 0) is 0 Å². The highest BCUT2D eigenvalue weighted by Gasteiger charge is 2.27. The minimum absolute atomic E-state index is 0.118. The SMILES string of the molecule is COc1cc2c(c(=O)[nH]1)=C1C(=CCC3=C1CCC=C3C)N=2. The monoisotopic (exact) mass is 280 g/mol. The Morgan fingerprint density at radius 1 is 1.29 bits per heavy atom. The summed E-state index contributed by atoms with van der Waals surface area (Å²) in [4.78, 5) is 19.8. The largest absolute Gasteiger partial charge is 0.482 e. The number of nitrogens with one attached hydrogen (secondary N) is 1. The maximum absolute atomic E-state index is 12.4. The normalized spacial score (nSPS) is 19.2. The highest BCUT2D eigenvalue weighted by atomic mass is 16.5. The fourth-order valence-corrected chi connectivity index (χ4v) is 3.43. The van der Waals surface area contributed by atoms with Gasteiger partial charge in [-0.15, -0.1) is 0 Å². The number of aromatic amines is 1. The average Bonchev–Trinajstić information content (AvgIpc) is 2.86. The van der Waals surface area contributed by atoms with E-state index in [1.807, 2.05) is 0 Å². The van der Waals surface area contributed by atoms with E-state index in [9.17, 15) is 4.79 Å². The highest BCUT2D eigenvalue weighted by molar-refractivity contribution is 5.83. The summed E-state index contributed by atoms with van der Waals surface area (Å²) in [5.41, 5.74) is 5.84. The Morgan fingerprint density at radius 2 is 2.14 bits per heavy atom. The molecular formula is C17H16N2O2. The van der Waals surface area contributed by atoms with Crippen molar-refractivity contribution in [3.63, 3.8) is 0 Å². The second-order valence-corrected chi connectivity index (χ2v) is 5.59. The number of ether oxygens (including phenoxy) is 1. The topological polar surface area (TPSA) is 54.5 Å². The molecule has 2 heterocycles. The third kappa shape index (κ3) is 1.68.